The summed E-state index contributed by atoms with van der Waals surface area (Å²) in [5, 5.41) is 8.99. The Bertz CT molecular complexity index is 476. The van der Waals surface area contributed by atoms with Crippen molar-refractivity contribution in [2.24, 2.45) is 5.92 Å². The smallest absolute Gasteiger partial charge is 0.337 e. The molecule has 104 valence electrons. The van der Waals surface area contributed by atoms with E-state index < -0.39 is 5.97 Å². The summed E-state index contributed by atoms with van der Waals surface area (Å²) < 4.78 is 0. The van der Waals surface area contributed by atoms with Crippen LogP contribution in [0.3, 0.4) is 0 Å². The Labute approximate surface area is 113 Å². The number of likely N-dealkylation sites (tertiary alicyclic amines) is 1. The second-order valence-corrected chi connectivity index (χ2v) is 5.41. The van der Waals surface area contributed by atoms with Crippen LogP contribution < -0.4 is 4.90 Å². The minimum atomic E-state index is -0.920. The molecule has 0 radical (unpaired) electrons. The van der Waals surface area contributed by atoms with Gasteiger partial charge in [0.2, 0.25) is 0 Å². The third-order valence-electron chi connectivity index (χ3n) is 3.71. The van der Waals surface area contributed by atoms with E-state index >= 15 is 0 Å². The highest BCUT2D eigenvalue weighted by atomic mass is 16.4. The molecule has 2 heterocycles. The van der Waals surface area contributed by atoms with E-state index in [4.69, 9.17) is 5.11 Å². The summed E-state index contributed by atoms with van der Waals surface area (Å²) in [5.41, 5.74) is 0.845. The third-order valence-corrected chi connectivity index (χ3v) is 3.71. The number of rotatable bonds is 4. The van der Waals surface area contributed by atoms with E-state index in [-0.39, 0.29) is 5.56 Å². The predicted octanol–water partition coefficient (Wildman–Crippen LogP) is 1.48. The molecule has 0 amide bonds. The number of pyridine rings is 1. The number of anilines is 1. The topological polar surface area (TPSA) is 56.7 Å². The Morgan fingerprint density at radius 2 is 2.32 bits per heavy atom. The second-order valence-electron chi connectivity index (χ2n) is 5.41. The maximum atomic E-state index is 11.0. The fourth-order valence-electron chi connectivity index (χ4n) is 2.64. The van der Waals surface area contributed by atoms with E-state index in [1.807, 2.05) is 7.05 Å². The molecule has 0 bridgehead atoms. The SMILES string of the molecule is Cc1nc(N(C)CC2CCN(C)C2)ccc1C(=O)O. The quantitative estimate of drug-likeness (QED) is 0.891. The molecule has 5 nitrogen and oxygen atoms in total. The zero-order valence-electron chi connectivity index (χ0n) is 11.8. The lowest BCUT2D eigenvalue weighted by Gasteiger charge is -2.22. The van der Waals surface area contributed by atoms with Crippen molar-refractivity contribution in [1.82, 2.24) is 9.88 Å². The summed E-state index contributed by atoms with van der Waals surface area (Å²) in [6.45, 7) is 4.98. The average molecular weight is 263 g/mol. The van der Waals surface area contributed by atoms with Gasteiger partial charge >= 0.3 is 5.97 Å². The van der Waals surface area contributed by atoms with Gasteiger partial charge in [0, 0.05) is 20.1 Å². The van der Waals surface area contributed by atoms with Crippen molar-refractivity contribution in [3.8, 4) is 0 Å². The van der Waals surface area contributed by atoms with Crippen LogP contribution in [0, 0.1) is 12.8 Å². The zero-order chi connectivity index (χ0) is 14.0. The van der Waals surface area contributed by atoms with E-state index in [1.165, 1.54) is 6.42 Å². The highest BCUT2D eigenvalue weighted by molar-refractivity contribution is 5.89. The molecule has 1 atom stereocenters. The van der Waals surface area contributed by atoms with Crippen LogP contribution in [0.5, 0.6) is 0 Å². The number of carboxylic acids is 1. The molecule has 1 N–H and O–H groups in total. The van der Waals surface area contributed by atoms with E-state index in [2.05, 4.69) is 21.8 Å². The Kier molecular flexibility index (Phi) is 4.04. The van der Waals surface area contributed by atoms with Crippen molar-refractivity contribution in [2.45, 2.75) is 13.3 Å². The van der Waals surface area contributed by atoms with E-state index in [1.54, 1.807) is 19.1 Å². The van der Waals surface area contributed by atoms with Crippen molar-refractivity contribution in [1.29, 1.82) is 0 Å². The Morgan fingerprint density at radius 3 is 2.84 bits per heavy atom. The summed E-state index contributed by atoms with van der Waals surface area (Å²) in [6.07, 6.45) is 1.22. The molecule has 2 rings (SSSR count). The minimum absolute atomic E-state index is 0.276. The number of aromatic carboxylic acids is 1. The molecule has 5 heteroatoms. The number of carboxylic acid groups (broad SMARTS) is 1. The van der Waals surface area contributed by atoms with Crippen LogP contribution in [0.25, 0.3) is 0 Å². The molecule has 0 aliphatic carbocycles. The summed E-state index contributed by atoms with van der Waals surface area (Å²) in [5.74, 6) is 0.588. The van der Waals surface area contributed by atoms with Crippen molar-refractivity contribution in [2.75, 3.05) is 38.6 Å². The molecule has 0 spiro atoms. The first-order valence-corrected chi connectivity index (χ1v) is 6.58. The second kappa shape index (κ2) is 5.57. The molecule has 0 aromatic carbocycles. The summed E-state index contributed by atoms with van der Waals surface area (Å²) >= 11 is 0. The fourth-order valence-corrected chi connectivity index (χ4v) is 2.64. The lowest BCUT2D eigenvalue weighted by atomic mass is 10.1. The molecule has 1 saturated heterocycles. The Hall–Kier alpha value is -1.62. The maximum absolute atomic E-state index is 11.0. The molecule has 1 aliphatic heterocycles. The van der Waals surface area contributed by atoms with Gasteiger partial charge in [-0.15, -0.1) is 0 Å². The van der Waals surface area contributed by atoms with Crippen LogP contribution in [-0.2, 0) is 0 Å². The zero-order valence-corrected chi connectivity index (χ0v) is 11.8. The van der Waals surface area contributed by atoms with Crippen LogP contribution in [0.15, 0.2) is 12.1 Å². The van der Waals surface area contributed by atoms with Crippen LogP contribution in [-0.4, -0.2) is 54.7 Å². The predicted molar refractivity (Wildman–Crippen MR) is 74.8 cm³/mol. The summed E-state index contributed by atoms with van der Waals surface area (Å²) in [7, 11) is 4.16. The molecular formula is C14H21N3O2. The van der Waals surface area contributed by atoms with Gasteiger partial charge < -0.3 is 14.9 Å². The lowest BCUT2D eigenvalue weighted by molar-refractivity contribution is 0.0695. The normalized spacial score (nSPS) is 19.6. The van der Waals surface area contributed by atoms with Crippen molar-refractivity contribution in [3.63, 3.8) is 0 Å². The van der Waals surface area contributed by atoms with Gasteiger partial charge in [-0.2, -0.15) is 0 Å². The third kappa shape index (κ3) is 3.23. The van der Waals surface area contributed by atoms with Gasteiger partial charge in [0.15, 0.2) is 0 Å². The van der Waals surface area contributed by atoms with E-state index in [9.17, 15) is 4.79 Å². The van der Waals surface area contributed by atoms with E-state index in [0.29, 0.717) is 11.6 Å². The number of carbonyl (C=O) groups is 1. The van der Waals surface area contributed by atoms with Crippen LogP contribution in [0.4, 0.5) is 5.82 Å². The summed E-state index contributed by atoms with van der Waals surface area (Å²) in [4.78, 5) is 19.8. The number of hydrogen-bond acceptors (Lipinski definition) is 4. The van der Waals surface area contributed by atoms with Gasteiger partial charge in [-0.25, -0.2) is 9.78 Å². The minimum Gasteiger partial charge on any atom is -0.478 e. The molecule has 1 aliphatic rings. The number of aryl methyl sites for hydroxylation is 1. The van der Waals surface area contributed by atoms with Crippen molar-refractivity contribution in [3.05, 3.63) is 23.4 Å². The first kappa shape index (κ1) is 13.8. The van der Waals surface area contributed by atoms with Gasteiger partial charge in [-0.05, 0) is 45.0 Å². The van der Waals surface area contributed by atoms with Gasteiger partial charge in [0.05, 0.1) is 11.3 Å². The fraction of sp³-hybridized carbons (Fsp3) is 0.571. The standard InChI is InChI=1S/C14H21N3O2/c1-10-12(14(18)19)4-5-13(15-10)17(3)9-11-6-7-16(2)8-11/h4-5,11H,6-9H2,1-3H3,(H,18,19). The van der Waals surface area contributed by atoms with Gasteiger partial charge in [-0.1, -0.05) is 0 Å². The molecule has 0 saturated carbocycles. The number of hydrogen-bond donors (Lipinski definition) is 1. The number of nitrogens with zero attached hydrogens (tertiary/aromatic N) is 3. The average Bonchev–Trinajstić information content (AvgIpc) is 2.74. The van der Waals surface area contributed by atoms with Gasteiger partial charge in [0.1, 0.15) is 5.82 Å². The molecular weight excluding hydrogens is 242 g/mol. The monoisotopic (exact) mass is 263 g/mol. The molecule has 1 unspecified atom stereocenters. The van der Waals surface area contributed by atoms with Gasteiger partial charge in [0.25, 0.3) is 0 Å². The lowest BCUT2D eigenvalue weighted by Crippen LogP contribution is -2.28. The van der Waals surface area contributed by atoms with Gasteiger partial charge in [-0.3, -0.25) is 0 Å². The van der Waals surface area contributed by atoms with Crippen LogP contribution in [0.2, 0.25) is 0 Å². The Morgan fingerprint density at radius 1 is 1.58 bits per heavy atom. The molecule has 1 fully saturated rings. The van der Waals surface area contributed by atoms with Crippen molar-refractivity contribution >= 4 is 11.8 Å². The highest BCUT2D eigenvalue weighted by Crippen LogP contribution is 2.19. The maximum Gasteiger partial charge on any atom is 0.337 e. The first-order chi connectivity index (χ1) is 8.97. The van der Waals surface area contributed by atoms with E-state index in [0.717, 1.165) is 25.5 Å². The highest BCUT2D eigenvalue weighted by Gasteiger charge is 2.21. The Balaban J connectivity index is 2.05. The molecule has 1 aromatic rings. The summed E-state index contributed by atoms with van der Waals surface area (Å²) in [6, 6.07) is 3.42. The van der Waals surface area contributed by atoms with Crippen LogP contribution >= 0.6 is 0 Å². The molecule has 1 aromatic heterocycles. The van der Waals surface area contributed by atoms with Crippen molar-refractivity contribution < 1.29 is 9.90 Å². The molecule has 19 heavy (non-hydrogen) atoms. The van der Waals surface area contributed by atoms with Crippen LogP contribution in [0.1, 0.15) is 22.5 Å². The largest absolute Gasteiger partial charge is 0.478 e. The first-order valence-electron chi connectivity index (χ1n) is 6.58. The number of aromatic nitrogens is 1.